The zero-order chi connectivity index (χ0) is 15.7. The molecule has 5 heteroatoms. The Hall–Kier alpha value is -2.27. The largest absolute Gasteiger partial charge is 0.324 e. The number of aryl methyl sites for hydroxylation is 3. The summed E-state index contributed by atoms with van der Waals surface area (Å²) in [6.07, 6.45) is 6.11. The summed E-state index contributed by atoms with van der Waals surface area (Å²) in [6.45, 7) is 2.25. The number of hydrogen-bond acceptors (Lipinski definition) is 3. The molecule has 1 aromatic carbocycles. The molecule has 0 amide bonds. The standard InChI is InChI=1S/C17H18FN3O/c1-11-2-3-12(15(18)8-11)6-7-21-10-20-16-9-13(19)4-5-14(16)17(21)22/h2-5,8,10,13H,6-7,9,19H2,1H3. The van der Waals surface area contributed by atoms with Gasteiger partial charge >= 0.3 is 0 Å². The Kier molecular flexibility index (Phi) is 3.90. The molecule has 22 heavy (non-hydrogen) atoms. The first kappa shape index (κ1) is 14.7. The topological polar surface area (TPSA) is 60.9 Å². The number of rotatable bonds is 3. The van der Waals surface area contributed by atoms with Crippen LogP contribution in [0.4, 0.5) is 4.39 Å². The van der Waals surface area contributed by atoms with Gasteiger partial charge in [0, 0.05) is 19.0 Å². The normalized spacial score (nSPS) is 16.6. The summed E-state index contributed by atoms with van der Waals surface area (Å²) in [5.74, 6) is -0.232. The van der Waals surface area contributed by atoms with Gasteiger partial charge in [-0.15, -0.1) is 0 Å². The predicted molar refractivity (Wildman–Crippen MR) is 84.1 cm³/mol. The molecule has 0 aliphatic heterocycles. The van der Waals surface area contributed by atoms with Crippen molar-refractivity contribution >= 4 is 6.08 Å². The average Bonchev–Trinajstić information content (AvgIpc) is 2.48. The van der Waals surface area contributed by atoms with E-state index in [1.807, 2.05) is 19.1 Å². The van der Waals surface area contributed by atoms with Crippen LogP contribution in [-0.2, 0) is 19.4 Å². The lowest BCUT2D eigenvalue weighted by atomic mass is 10.0. The number of nitrogens with two attached hydrogens (primary N) is 1. The Morgan fingerprint density at radius 1 is 1.45 bits per heavy atom. The molecule has 2 N–H and O–H groups in total. The molecule has 0 radical (unpaired) electrons. The Morgan fingerprint density at radius 2 is 2.27 bits per heavy atom. The summed E-state index contributed by atoms with van der Waals surface area (Å²) in [4.78, 5) is 16.7. The fourth-order valence-electron chi connectivity index (χ4n) is 2.64. The molecule has 2 aromatic rings. The SMILES string of the molecule is Cc1ccc(CCn2cnc3c(c2=O)C=CC(N)C3)c(F)c1. The molecule has 0 spiro atoms. The molecule has 114 valence electrons. The summed E-state index contributed by atoms with van der Waals surface area (Å²) in [7, 11) is 0. The Balaban J connectivity index is 1.83. The minimum atomic E-state index is -0.232. The predicted octanol–water partition coefficient (Wildman–Crippen LogP) is 1.83. The van der Waals surface area contributed by atoms with Crippen LogP contribution in [0.5, 0.6) is 0 Å². The molecule has 0 fully saturated rings. The van der Waals surface area contributed by atoms with Gasteiger partial charge in [-0.25, -0.2) is 9.37 Å². The third-order valence-corrected chi connectivity index (χ3v) is 3.92. The van der Waals surface area contributed by atoms with Gasteiger partial charge in [0.2, 0.25) is 0 Å². The zero-order valence-electron chi connectivity index (χ0n) is 12.4. The highest BCUT2D eigenvalue weighted by Gasteiger charge is 2.16. The van der Waals surface area contributed by atoms with Gasteiger partial charge in [0.05, 0.1) is 17.6 Å². The highest BCUT2D eigenvalue weighted by molar-refractivity contribution is 5.54. The van der Waals surface area contributed by atoms with E-state index >= 15 is 0 Å². The highest BCUT2D eigenvalue weighted by atomic mass is 19.1. The van der Waals surface area contributed by atoms with Crippen LogP contribution in [0.15, 0.2) is 35.4 Å². The molecule has 1 aromatic heterocycles. The Bertz CT molecular complexity index is 795. The van der Waals surface area contributed by atoms with E-state index in [0.717, 1.165) is 11.3 Å². The lowest BCUT2D eigenvalue weighted by Crippen LogP contribution is -2.31. The van der Waals surface area contributed by atoms with Crippen LogP contribution in [0.3, 0.4) is 0 Å². The van der Waals surface area contributed by atoms with E-state index in [0.29, 0.717) is 30.5 Å². The second-order valence-electron chi connectivity index (χ2n) is 5.68. The minimum absolute atomic E-state index is 0.0862. The summed E-state index contributed by atoms with van der Waals surface area (Å²) in [6, 6.07) is 5.06. The van der Waals surface area contributed by atoms with Crippen molar-refractivity contribution in [2.45, 2.75) is 32.4 Å². The van der Waals surface area contributed by atoms with E-state index in [2.05, 4.69) is 4.98 Å². The number of benzene rings is 1. The highest BCUT2D eigenvalue weighted by Crippen LogP contribution is 2.13. The molecule has 1 atom stereocenters. The molecule has 0 saturated carbocycles. The van der Waals surface area contributed by atoms with Gasteiger partial charge in [0.25, 0.3) is 5.56 Å². The van der Waals surface area contributed by atoms with Crippen molar-refractivity contribution in [2.24, 2.45) is 5.73 Å². The Morgan fingerprint density at radius 3 is 3.05 bits per heavy atom. The van der Waals surface area contributed by atoms with E-state index < -0.39 is 0 Å². The molecular formula is C17H18FN3O. The number of halogens is 1. The van der Waals surface area contributed by atoms with E-state index in [4.69, 9.17) is 5.73 Å². The van der Waals surface area contributed by atoms with Gasteiger partial charge in [0.15, 0.2) is 0 Å². The van der Waals surface area contributed by atoms with Crippen LogP contribution in [-0.4, -0.2) is 15.6 Å². The average molecular weight is 299 g/mol. The maximum Gasteiger partial charge on any atom is 0.260 e. The second-order valence-corrected chi connectivity index (χ2v) is 5.68. The van der Waals surface area contributed by atoms with Gasteiger partial charge in [-0.2, -0.15) is 0 Å². The van der Waals surface area contributed by atoms with Crippen molar-refractivity contribution in [2.75, 3.05) is 0 Å². The van der Waals surface area contributed by atoms with Gasteiger partial charge in [-0.3, -0.25) is 9.36 Å². The van der Waals surface area contributed by atoms with Crippen molar-refractivity contribution in [3.8, 4) is 0 Å². The van der Waals surface area contributed by atoms with Crippen LogP contribution in [0.25, 0.3) is 6.08 Å². The van der Waals surface area contributed by atoms with E-state index in [9.17, 15) is 9.18 Å². The molecule has 1 aliphatic rings. The first-order valence-electron chi connectivity index (χ1n) is 7.32. The van der Waals surface area contributed by atoms with Gasteiger partial charge < -0.3 is 5.73 Å². The maximum atomic E-state index is 13.8. The summed E-state index contributed by atoms with van der Waals surface area (Å²) in [5, 5.41) is 0. The molecule has 1 heterocycles. The maximum absolute atomic E-state index is 13.8. The molecule has 1 aliphatic carbocycles. The number of hydrogen-bond donors (Lipinski definition) is 1. The third-order valence-electron chi connectivity index (χ3n) is 3.92. The van der Waals surface area contributed by atoms with Crippen LogP contribution in [0.1, 0.15) is 22.4 Å². The van der Waals surface area contributed by atoms with Gasteiger partial charge in [-0.05, 0) is 30.5 Å². The van der Waals surface area contributed by atoms with Crippen LogP contribution >= 0.6 is 0 Å². The quantitative estimate of drug-likeness (QED) is 0.940. The monoisotopic (exact) mass is 299 g/mol. The van der Waals surface area contributed by atoms with Gasteiger partial charge in [0.1, 0.15) is 5.82 Å². The fraction of sp³-hybridized carbons (Fsp3) is 0.294. The first-order valence-corrected chi connectivity index (χ1v) is 7.32. The second kappa shape index (κ2) is 5.85. The smallest absolute Gasteiger partial charge is 0.260 e. The number of fused-ring (bicyclic) bond motifs is 1. The lowest BCUT2D eigenvalue weighted by Gasteiger charge is -2.16. The molecule has 3 rings (SSSR count). The van der Waals surface area contributed by atoms with Crippen molar-refractivity contribution in [3.05, 3.63) is 69.2 Å². The first-order chi connectivity index (χ1) is 10.5. The van der Waals surface area contributed by atoms with E-state index in [-0.39, 0.29) is 17.4 Å². The van der Waals surface area contributed by atoms with Gasteiger partial charge in [-0.1, -0.05) is 24.3 Å². The molecular weight excluding hydrogens is 281 g/mol. The summed E-state index contributed by atoms with van der Waals surface area (Å²) >= 11 is 0. The number of nitrogens with zero attached hydrogens (tertiary/aromatic N) is 2. The molecule has 0 saturated heterocycles. The third kappa shape index (κ3) is 2.85. The van der Waals surface area contributed by atoms with Crippen molar-refractivity contribution in [1.82, 2.24) is 9.55 Å². The van der Waals surface area contributed by atoms with Crippen LogP contribution < -0.4 is 11.3 Å². The van der Waals surface area contributed by atoms with E-state index in [1.165, 1.54) is 17.0 Å². The minimum Gasteiger partial charge on any atom is -0.324 e. The van der Waals surface area contributed by atoms with E-state index in [1.54, 1.807) is 12.1 Å². The fourth-order valence-corrected chi connectivity index (χ4v) is 2.64. The van der Waals surface area contributed by atoms with Crippen molar-refractivity contribution in [3.63, 3.8) is 0 Å². The zero-order valence-corrected chi connectivity index (χ0v) is 12.4. The van der Waals surface area contributed by atoms with Crippen molar-refractivity contribution < 1.29 is 4.39 Å². The van der Waals surface area contributed by atoms with Crippen LogP contribution in [0.2, 0.25) is 0 Å². The Labute approximate surface area is 128 Å². The molecule has 1 unspecified atom stereocenters. The summed E-state index contributed by atoms with van der Waals surface area (Å²) in [5.41, 5.74) is 8.54. The molecule has 0 bridgehead atoms. The van der Waals surface area contributed by atoms with Crippen LogP contribution in [0, 0.1) is 12.7 Å². The summed E-state index contributed by atoms with van der Waals surface area (Å²) < 4.78 is 15.4. The van der Waals surface area contributed by atoms with Crippen molar-refractivity contribution in [1.29, 1.82) is 0 Å². The lowest BCUT2D eigenvalue weighted by molar-refractivity contribution is 0.582. The number of aromatic nitrogens is 2. The molecule has 4 nitrogen and oxygen atoms in total.